The van der Waals surface area contributed by atoms with E-state index in [-0.39, 0.29) is 0 Å². The van der Waals surface area contributed by atoms with Gasteiger partial charge in [-0.1, -0.05) is 0 Å². The first-order valence-corrected chi connectivity index (χ1v) is 5.06. The summed E-state index contributed by atoms with van der Waals surface area (Å²) in [5.74, 6) is 0. The Morgan fingerprint density at radius 3 is 3.08 bits per heavy atom. The molecular formula is C8H12N3S. The predicted molar refractivity (Wildman–Crippen MR) is 49.1 cm³/mol. The van der Waals surface area contributed by atoms with E-state index in [1.807, 2.05) is 0 Å². The van der Waals surface area contributed by atoms with Crippen LogP contribution in [0, 0.1) is 5.51 Å². The summed E-state index contributed by atoms with van der Waals surface area (Å²) in [6, 6.07) is 0. The number of piperazine rings is 1. The Bertz CT molecular complexity index is 216. The topological polar surface area (TPSA) is 28.2 Å². The molecule has 0 unspecified atom stereocenters. The van der Waals surface area contributed by atoms with Crippen LogP contribution in [0.2, 0.25) is 0 Å². The van der Waals surface area contributed by atoms with Crippen LogP contribution in [0.3, 0.4) is 0 Å². The van der Waals surface area contributed by atoms with E-state index < -0.39 is 0 Å². The summed E-state index contributed by atoms with van der Waals surface area (Å²) in [7, 11) is 0. The Morgan fingerprint density at radius 2 is 2.42 bits per heavy atom. The van der Waals surface area contributed by atoms with E-state index in [1.54, 1.807) is 11.3 Å². The van der Waals surface area contributed by atoms with Gasteiger partial charge in [0.05, 0.1) is 5.69 Å². The SMILES string of the molecule is [c]1nc(CN2CCNCC2)cs1. The van der Waals surface area contributed by atoms with Crippen LogP contribution in [-0.2, 0) is 6.54 Å². The van der Waals surface area contributed by atoms with Crippen LogP contribution in [-0.4, -0.2) is 36.1 Å². The van der Waals surface area contributed by atoms with Crippen LogP contribution in [0.4, 0.5) is 0 Å². The molecule has 0 saturated carbocycles. The smallest absolute Gasteiger partial charge is 0.152 e. The van der Waals surface area contributed by atoms with E-state index in [0.29, 0.717) is 0 Å². The Hall–Kier alpha value is -0.450. The third-order valence-electron chi connectivity index (χ3n) is 2.03. The third-order valence-corrected chi connectivity index (χ3v) is 2.62. The molecule has 4 heteroatoms. The fraction of sp³-hybridized carbons (Fsp3) is 0.625. The van der Waals surface area contributed by atoms with Crippen molar-refractivity contribution in [3.63, 3.8) is 0 Å². The zero-order valence-corrected chi connectivity index (χ0v) is 7.73. The first kappa shape index (κ1) is 8.16. The van der Waals surface area contributed by atoms with Crippen molar-refractivity contribution in [1.29, 1.82) is 0 Å². The zero-order chi connectivity index (χ0) is 8.23. The Morgan fingerprint density at radius 1 is 1.58 bits per heavy atom. The molecule has 0 bridgehead atoms. The van der Waals surface area contributed by atoms with Gasteiger partial charge in [0, 0.05) is 38.1 Å². The Balaban J connectivity index is 1.86. The molecule has 1 aliphatic heterocycles. The van der Waals surface area contributed by atoms with Crippen LogP contribution in [0.1, 0.15) is 5.69 Å². The highest BCUT2D eigenvalue weighted by Gasteiger charge is 2.10. The molecule has 1 aromatic heterocycles. The molecule has 0 atom stereocenters. The van der Waals surface area contributed by atoms with E-state index in [1.165, 1.54) is 0 Å². The first-order valence-electron chi connectivity index (χ1n) is 4.19. The van der Waals surface area contributed by atoms with E-state index >= 15 is 0 Å². The molecule has 1 radical (unpaired) electrons. The first-order chi connectivity index (χ1) is 5.95. The maximum Gasteiger partial charge on any atom is 0.152 e. The second-order valence-electron chi connectivity index (χ2n) is 2.96. The molecular weight excluding hydrogens is 170 g/mol. The lowest BCUT2D eigenvalue weighted by molar-refractivity contribution is 0.231. The number of aromatic nitrogens is 1. The van der Waals surface area contributed by atoms with Crippen LogP contribution in [0.15, 0.2) is 5.38 Å². The quantitative estimate of drug-likeness (QED) is 0.715. The zero-order valence-electron chi connectivity index (χ0n) is 6.92. The maximum atomic E-state index is 4.14. The molecule has 12 heavy (non-hydrogen) atoms. The van der Waals surface area contributed by atoms with E-state index in [2.05, 4.69) is 26.1 Å². The molecule has 1 aliphatic rings. The summed E-state index contributed by atoms with van der Waals surface area (Å²) in [4.78, 5) is 6.56. The molecule has 1 N–H and O–H groups in total. The van der Waals surface area contributed by atoms with Gasteiger partial charge in [-0.2, -0.15) is 0 Å². The number of nitrogens with one attached hydrogen (secondary N) is 1. The lowest BCUT2D eigenvalue weighted by atomic mass is 10.3. The maximum absolute atomic E-state index is 4.14. The van der Waals surface area contributed by atoms with Crippen molar-refractivity contribution in [1.82, 2.24) is 15.2 Å². The van der Waals surface area contributed by atoms with Crippen molar-refractivity contribution in [2.45, 2.75) is 6.54 Å². The lowest BCUT2D eigenvalue weighted by Gasteiger charge is -2.26. The van der Waals surface area contributed by atoms with Crippen LogP contribution in [0.25, 0.3) is 0 Å². The molecule has 3 nitrogen and oxygen atoms in total. The number of nitrogens with zero attached hydrogens (tertiary/aromatic N) is 2. The molecule has 0 amide bonds. The molecule has 0 aromatic carbocycles. The van der Waals surface area contributed by atoms with Gasteiger partial charge in [0.1, 0.15) is 0 Å². The molecule has 1 aromatic rings. The average molecular weight is 182 g/mol. The van der Waals surface area contributed by atoms with Crippen molar-refractivity contribution in [3.8, 4) is 0 Å². The molecule has 2 rings (SSSR count). The highest BCUT2D eigenvalue weighted by molar-refractivity contribution is 7.07. The Kier molecular flexibility index (Phi) is 2.71. The third kappa shape index (κ3) is 2.03. The summed E-state index contributed by atoms with van der Waals surface area (Å²) in [6.07, 6.45) is 0. The second-order valence-corrected chi connectivity index (χ2v) is 3.61. The van der Waals surface area contributed by atoms with Crippen molar-refractivity contribution in [2.24, 2.45) is 0 Å². The van der Waals surface area contributed by atoms with Gasteiger partial charge in [-0.3, -0.25) is 4.90 Å². The average Bonchev–Trinajstić information content (AvgIpc) is 2.59. The monoisotopic (exact) mass is 182 g/mol. The minimum Gasteiger partial charge on any atom is -0.314 e. The van der Waals surface area contributed by atoms with Gasteiger partial charge in [-0.05, 0) is 0 Å². The van der Waals surface area contributed by atoms with Gasteiger partial charge >= 0.3 is 0 Å². The van der Waals surface area contributed by atoms with Gasteiger partial charge in [-0.25, -0.2) is 4.98 Å². The van der Waals surface area contributed by atoms with Gasteiger partial charge in [0.25, 0.3) is 0 Å². The van der Waals surface area contributed by atoms with Gasteiger partial charge in [0.15, 0.2) is 5.51 Å². The van der Waals surface area contributed by atoms with E-state index in [9.17, 15) is 0 Å². The highest BCUT2D eigenvalue weighted by atomic mass is 32.1. The van der Waals surface area contributed by atoms with Crippen molar-refractivity contribution >= 4 is 11.3 Å². The molecule has 0 aliphatic carbocycles. The molecule has 0 spiro atoms. The lowest BCUT2D eigenvalue weighted by Crippen LogP contribution is -2.42. The van der Waals surface area contributed by atoms with Gasteiger partial charge in [0.2, 0.25) is 0 Å². The van der Waals surface area contributed by atoms with Gasteiger partial charge in [-0.15, -0.1) is 11.3 Å². The van der Waals surface area contributed by atoms with Crippen LogP contribution >= 0.6 is 11.3 Å². The predicted octanol–water partition coefficient (Wildman–Crippen LogP) is 0.348. The standard InChI is InChI=1S/C8H12N3S/c1-3-11(4-2-9-1)5-8-6-12-7-10-8/h6,9H,1-5H2. The number of rotatable bonds is 2. The summed E-state index contributed by atoms with van der Waals surface area (Å²) in [5, 5.41) is 5.40. The molecule has 2 heterocycles. The van der Waals surface area contributed by atoms with Crippen LogP contribution in [0.5, 0.6) is 0 Å². The van der Waals surface area contributed by atoms with Crippen molar-refractivity contribution in [2.75, 3.05) is 26.2 Å². The van der Waals surface area contributed by atoms with E-state index in [0.717, 1.165) is 38.4 Å². The highest BCUT2D eigenvalue weighted by Crippen LogP contribution is 2.05. The fourth-order valence-corrected chi connectivity index (χ4v) is 1.86. The largest absolute Gasteiger partial charge is 0.314 e. The number of hydrogen-bond donors (Lipinski definition) is 1. The Labute approximate surface area is 76.4 Å². The summed E-state index contributed by atoms with van der Waals surface area (Å²) >= 11 is 1.55. The fourth-order valence-electron chi connectivity index (χ4n) is 1.38. The summed E-state index contributed by atoms with van der Waals surface area (Å²) < 4.78 is 0. The normalized spacial score (nSPS) is 19.7. The van der Waals surface area contributed by atoms with Crippen molar-refractivity contribution in [3.05, 3.63) is 16.6 Å². The number of thiazole rings is 1. The van der Waals surface area contributed by atoms with Crippen molar-refractivity contribution < 1.29 is 0 Å². The van der Waals surface area contributed by atoms with Gasteiger partial charge < -0.3 is 5.32 Å². The second kappa shape index (κ2) is 3.98. The van der Waals surface area contributed by atoms with E-state index in [4.69, 9.17) is 0 Å². The summed E-state index contributed by atoms with van der Waals surface area (Å²) in [6.45, 7) is 5.47. The molecule has 65 valence electrons. The minimum atomic E-state index is 0.988. The molecule has 1 fully saturated rings. The molecule has 1 saturated heterocycles. The number of hydrogen-bond acceptors (Lipinski definition) is 4. The minimum absolute atomic E-state index is 0.988. The van der Waals surface area contributed by atoms with Crippen LogP contribution < -0.4 is 5.32 Å². The summed E-state index contributed by atoms with van der Waals surface area (Å²) in [5.41, 5.74) is 4.02.